The van der Waals surface area contributed by atoms with Gasteiger partial charge in [0.25, 0.3) is 21.6 Å². The number of H-pyrrole nitrogens is 1. The van der Waals surface area contributed by atoms with Crippen LogP contribution in [0, 0.1) is 15.5 Å². The van der Waals surface area contributed by atoms with Gasteiger partial charge in [0.05, 0.1) is 53.0 Å². The molecule has 3 fully saturated rings. The lowest BCUT2D eigenvalue weighted by Crippen LogP contribution is -2.47. The van der Waals surface area contributed by atoms with Gasteiger partial charge in [-0.2, -0.15) is 4.98 Å². The third kappa shape index (κ3) is 9.44. The zero-order valence-corrected chi connectivity index (χ0v) is 39.2. The molecule has 5 aromatic rings. The van der Waals surface area contributed by atoms with E-state index in [0.29, 0.717) is 42.7 Å². The zero-order chi connectivity index (χ0) is 46.5. The van der Waals surface area contributed by atoms with Crippen molar-refractivity contribution in [3.05, 3.63) is 111 Å². The van der Waals surface area contributed by atoms with E-state index in [0.717, 1.165) is 93.4 Å². The Hall–Kier alpha value is -5.72. The van der Waals surface area contributed by atoms with Crippen molar-refractivity contribution in [3.8, 4) is 5.88 Å². The van der Waals surface area contributed by atoms with E-state index in [4.69, 9.17) is 30.8 Å². The van der Waals surface area contributed by atoms with Gasteiger partial charge in [0, 0.05) is 67.6 Å². The molecule has 1 amide bonds. The molecule has 16 nitrogen and oxygen atoms in total. The second-order valence-corrected chi connectivity index (χ2v) is 21.1. The molecule has 0 radical (unpaired) electrons. The summed E-state index contributed by atoms with van der Waals surface area (Å²) in [6.07, 6.45) is 6.96. The van der Waals surface area contributed by atoms with Crippen LogP contribution in [-0.4, -0.2) is 111 Å². The van der Waals surface area contributed by atoms with Crippen molar-refractivity contribution in [1.82, 2.24) is 19.6 Å². The van der Waals surface area contributed by atoms with Crippen molar-refractivity contribution in [3.63, 3.8) is 0 Å². The number of rotatable bonds is 12. The molecule has 10 rings (SSSR count). The highest BCUT2D eigenvalue weighted by molar-refractivity contribution is 7.90. The van der Waals surface area contributed by atoms with Crippen molar-refractivity contribution in [2.75, 3.05) is 74.2 Å². The highest BCUT2D eigenvalue weighted by Gasteiger charge is 2.43. The average molecular weight is 952 g/mol. The molecule has 3 atom stereocenters. The predicted octanol–water partition coefficient (Wildman–Crippen LogP) is 8.31. The number of sulfonamides is 1. The largest absolute Gasteiger partial charge is 0.471 e. The van der Waals surface area contributed by atoms with E-state index in [1.807, 2.05) is 42.6 Å². The minimum atomic E-state index is -4.60. The lowest BCUT2D eigenvalue weighted by atomic mass is 9.72. The van der Waals surface area contributed by atoms with Crippen molar-refractivity contribution >= 4 is 72.6 Å². The number of nitro groups is 1. The van der Waals surface area contributed by atoms with Gasteiger partial charge in [0.1, 0.15) is 23.1 Å². The van der Waals surface area contributed by atoms with Crippen LogP contribution in [0.15, 0.2) is 89.5 Å². The molecule has 18 heteroatoms. The Morgan fingerprint density at radius 2 is 1.82 bits per heavy atom. The summed E-state index contributed by atoms with van der Waals surface area (Å²) in [6.45, 7) is 10.2. The summed E-state index contributed by atoms with van der Waals surface area (Å²) < 4.78 is 47.9. The second-order valence-electron chi connectivity index (χ2n) is 19.0. The smallest absolute Gasteiger partial charge is 0.293 e. The van der Waals surface area contributed by atoms with Crippen molar-refractivity contribution in [2.24, 2.45) is 5.41 Å². The summed E-state index contributed by atoms with van der Waals surface area (Å²) in [5, 5.41) is 16.8. The number of pyridine rings is 1. The minimum Gasteiger partial charge on any atom is -0.471 e. The van der Waals surface area contributed by atoms with Crippen LogP contribution in [0.5, 0.6) is 5.88 Å². The Labute approximate surface area is 394 Å². The number of nitrogens with zero attached hydrogens (tertiary/aromatic N) is 5. The Kier molecular flexibility index (Phi) is 12.4. The first-order valence-corrected chi connectivity index (χ1v) is 25.0. The zero-order valence-electron chi connectivity index (χ0n) is 37.6. The second kappa shape index (κ2) is 18.4. The molecule has 67 heavy (non-hydrogen) atoms. The molecule has 3 N–H and O–H groups in total. The fourth-order valence-corrected chi connectivity index (χ4v) is 11.4. The van der Waals surface area contributed by atoms with Crippen LogP contribution in [-0.2, 0) is 19.5 Å². The molecule has 5 aliphatic rings. The van der Waals surface area contributed by atoms with E-state index < -0.39 is 31.4 Å². The molecule has 3 aliphatic heterocycles. The van der Waals surface area contributed by atoms with E-state index in [2.05, 4.69) is 55.7 Å². The van der Waals surface area contributed by atoms with E-state index in [1.165, 1.54) is 28.8 Å². The number of hydrogen-bond acceptors (Lipinski definition) is 13. The Bertz CT molecular complexity index is 2840. The predicted molar refractivity (Wildman–Crippen MR) is 258 cm³/mol. The first kappa shape index (κ1) is 45.1. The van der Waals surface area contributed by atoms with Gasteiger partial charge in [-0.15, -0.1) is 0 Å². The lowest BCUT2D eigenvalue weighted by Gasteiger charge is -2.42. The highest BCUT2D eigenvalue weighted by atomic mass is 35.5. The molecule has 0 unspecified atom stereocenters. The number of hydrogen-bond donors (Lipinski definition) is 3. The van der Waals surface area contributed by atoms with Gasteiger partial charge in [-0.1, -0.05) is 43.2 Å². The Morgan fingerprint density at radius 1 is 1.00 bits per heavy atom. The maximum atomic E-state index is 14.6. The van der Waals surface area contributed by atoms with Crippen LogP contribution in [0.2, 0.25) is 5.02 Å². The number of anilines is 4. The number of carbonyl (C=O) groups is 1. The van der Waals surface area contributed by atoms with Gasteiger partial charge in [0.15, 0.2) is 0 Å². The lowest BCUT2D eigenvalue weighted by molar-refractivity contribution is -0.384. The first-order valence-electron chi connectivity index (χ1n) is 23.1. The van der Waals surface area contributed by atoms with Crippen LogP contribution in [0.3, 0.4) is 0 Å². The first-order chi connectivity index (χ1) is 32.3. The molecular weight excluding hydrogens is 896 g/mol. The fourth-order valence-electron chi connectivity index (χ4n) is 10.3. The third-order valence-corrected chi connectivity index (χ3v) is 15.5. The van der Waals surface area contributed by atoms with E-state index in [9.17, 15) is 23.3 Å². The third-order valence-electron chi connectivity index (χ3n) is 13.9. The number of piperazine rings is 1. The number of aromatic amines is 1. The molecular formula is C49H55ClN8O8S. The summed E-state index contributed by atoms with van der Waals surface area (Å²) in [5.74, 6) is -0.442. The van der Waals surface area contributed by atoms with Crippen LogP contribution >= 0.6 is 11.6 Å². The minimum absolute atomic E-state index is 0.114. The monoisotopic (exact) mass is 950 g/mol. The topological polar surface area (TPSA) is 185 Å². The standard InChI is InChI=1S/C49H55ClN8O8S/c1-49(2)16-14-33(39(27-49)31-6-8-34(50)9-7-31)29-55-18-20-56(21-19-55)35-10-12-38(42(25-35)57-41-4-3-5-45(41)66-48-44(57)24-32-15-17-51-46(32)53-48)47(59)54-67(62,63)37-11-13-40(43(26-37)58(60)61)52-28-36-30-64-22-23-65-36/h6-13,15,17,24-26,36,41,45,52H,3-5,14,16,18-23,27-30H2,1-2H3,(H,51,53)(H,54,59)/t36-,41-,45-/m0/s1. The van der Waals surface area contributed by atoms with Gasteiger partial charge in [-0.25, -0.2) is 13.1 Å². The maximum Gasteiger partial charge on any atom is 0.293 e. The van der Waals surface area contributed by atoms with E-state index in [-0.39, 0.29) is 41.5 Å². The summed E-state index contributed by atoms with van der Waals surface area (Å²) in [4.78, 5) is 40.7. The molecule has 0 bridgehead atoms. The molecule has 352 valence electrons. The summed E-state index contributed by atoms with van der Waals surface area (Å²) in [7, 11) is -4.60. The SMILES string of the molecule is CC1(C)CCC(CN2CCN(c3ccc(C(=O)NS(=O)(=O)c4ccc(NC[C@H]5COCCO5)c([N+](=O)[O-])c4)c(N4c5cc6cc[nH]c6nc5O[C@H]5CCC[C@@H]54)c3)CC2)=C(c2ccc(Cl)cc2)C1. The quantitative estimate of drug-likeness (QED) is 0.0803. The molecule has 2 saturated heterocycles. The van der Waals surface area contributed by atoms with Gasteiger partial charge in [-0.3, -0.25) is 19.8 Å². The fraction of sp³-hybridized carbons (Fsp3) is 0.429. The highest BCUT2D eigenvalue weighted by Crippen LogP contribution is 2.48. The number of carbonyl (C=O) groups excluding carboxylic acids is 1. The van der Waals surface area contributed by atoms with Crippen molar-refractivity contribution in [2.45, 2.75) is 75.5 Å². The molecule has 2 aliphatic carbocycles. The van der Waals surface area contributed by atoms with Gasteiger partial charge >= 0.3 is 0 Å². The van der Waals surface area contributed by atoms with Gasteiger partial charge in [0.2, 0.25) is 5.88 Å². The van der Waals surface area contributed by atoms with Crippen LogP contribution in [0.25, 0.3) is 16.6 Å². The molecule has 0 spiro atoms. The van der Waals surface area contributed by atoms with Crippen molar-refractivity contribution in [1.29, 1.82) is 0 Å². The van der Waals surface area contributed by atoms with Crippen LogP contribution in [0.1, 0.15) is 68.3 Å². The number of fused-ring (bicyclic) bond motifs is 3. The number of halogens is 1. The Balaban J connectivity index is 0.946. The van der Waals surface area contributed by atoms with Gasteiger partial charge < -0.3 is 34.3 Å². The number of benzene rings is 3. The molecule has 5 heterocycles. The number of allylic oxidation sites excluding steroid dienone is 1. The molecule has 2 aromatic heterocycles. The number of aromatic nitrogens is 2. The van der Waals surface area contributed by atoms with Gasteiger partial charge in [-0.05, 0) is 110 Å². The summed E-state index contributed by atoms with van der Waals surface area (Å²) in [6, 6.07) is 21.1. The average Bonchev–Trinajstić information content (AvgIpc) is 4.00. The van der Waals surface area contributed by atoms with E-state index >= 15 is 0 Å². The van der Waals surface area contributed by atoms with E-state index in [1.54, 1.807) is 6.07 Å². The maximum absolute atomic E-state index is 14.6. The molecule has 1 saturated carbocycles. The van der Waals surface area contributed by atoms with Crippen LogP contribution < -0.4 is 24.6 Å². The normalized spacial score (nSPS) is 22.0. The molecule has 3 aromatic carbocycles. The number of ether oxygens (including phenoxy) is 3. The number of amides is 1. The number of nitrogens with one attached hydrogen (secondary N) is 3. The number of nitro benzene ring substituents is 1. The van der Waals surface area contributed by atoms with Crippen molar-refractivity contribution < 1.29 is 32.3 Å². The van der Waals surface area contributed by atoms with Crippen LogP contribution in [0.4, 0.5) is 28.4 Å². The Morgan fingerprint density at radius 3 is 2.60 bits per heavy atom. The summed E-state index contributed by atoms with van der Waals surface area (Å²) >= 11 is 6.28. The summed E-state index contributed by atoms with van der Waals surface area (Å²) in [5.41, 5.74) is 6.91.